The van der Waals surface area contributed by atoms with E-state index in [9.17, 15) is 9.11 Å². The summed E-state index contributed by atoms with van der Waals surface area (Å²) in [5.41, 5.74) is 7.33. The van der Waals surface area contributed by atoms with Crippen LogP contribution in [0.5, 0.6) is 5.75 Å². The van der Waals surface area contributed by atoms with Crippen molar-refractivity contribution in [3.05, 3.63) is 18.3 Å². The van der Waals surface area contributed by atoms with Crippen molar-refractivity contribution in [2.45, 2.75) is 18.9 Å². The van der Waals surface area contributed by atoms with Crippen LogP contribution in [0, 0.1) is 0 Å². The molecule has 20 heavy (non-hydrogen) atoms. The highest BCUT2D eigenvalue weighted by Gasteiger charge is 2.25. The minimum Gasteiger partial charge on any atom is -0.495 e. The molecule has 0 atom stereocenters. The smallest absolute Gasteiger partial charge is 0.144 e. The normalized spacial score (nSPS) is 20.9. The van der Waals surface area contributed by atoms with Crippen LogP contribution in [0.3, 0.4) is 0 Å². The van der Waals surface area contributed by atoms with Gasteiger partial charge in [0.05, 0.1) is 24.4 Å². The molecule has 0 saturated carbocycles. The molecule has 1 saturated heterocycles. The van der Waals surface area contributed by atoms with Gasteiger partial charge in [0, 0.05) is 29.2 Å². The number of benzene rings is 1. The first-order valence-electron chi connectivity index (χ1n) is 6.54. The number of aromatic nitrogens is 2. The summed E-state index contributed by atoms with van der Waals surface area (Å²) in [6.07, 6.45) is 3.44. The van der Waals surface area contributed by atoms with E-state index in [0.717, 1.165) is 23.7 Å². The zero-order valence-electron chi connectivity index (χ0n) is 11.3. The van der Waals surface area contributed by atoms with Gasteiger partial charge >= 0.3 is 0 Å². The molecule has 1 aromatic heterocycles. The van der Waals surface area contributed by atoms with E-state index in [4.69, 9.17) is 10.5 Å². The maximum atomic E-state index is 9.66. The zero-order valence-corrected chi connectivity index (χ0v) is 12.1. The summed E-state index contributed by atoms with van der Waals surface area (Å²) in [7, 11) is -0.768. The van der Waals surface area contributed by atoms with Crippen molar-refractivity contribution >= 4 is 27.2 Å². The van der Waals surface area contributed by atoms with Gasteiger partial charge in [0.2, 0.25) is 0 Å². The van der Waals surface area contributed by atoms with Crippen molar-refractivity contribution in [2.24, 2.45) is 0 Å². The summed E-state index contributed by atoms with van der Waals surface area (Å²) in [6, 6.07) is 3.90. The van der Waals surface area contributed by atoms with Crippen LogP contribution in [0.15, 0.2) is 18.3 Å². The number of nitrogens with two attached hydrogens (primary N) is 1. The number of fused-ring (bicyclic) bond motifs is 1. The van der Waals surface area contributed by atoms with Crippen LogP contribution in [0.1, 0.15) is 18.9 Å². The molecular formula is C13H19N3O3S. The van der Waals surface area contributed by atoms with E-state index in [0.29, 0.717) is 22.9 Å². The lowest BCUT2D eigenvalue weighted by molar-refractivity contribution is 0.389. The number of ether oxygens (including phenoxy) is 1. The Labute approximate surface area is 118 Å². The van der Waals surface area contributed by atoms with Crippen LogP contribution >= 0.6 is 10.6 Å². The zero-order chi connectivity index (χ0) is 14.3. The second-order valence-electron chi connectivity index (χ2n) is 5.20. The predicted octanol–water partition coefficient (Wildman–Crippen LogP) is 2.71. The fourth-order valence-corrected chi connectivity index (χ4v) is 4.12. The van der Waals surface area contributed by atoms with Gasteiger partial charge in [0.15, 0.2) is 0 Å². The molecule has 3 rings (SSSR count). The predicted molar refractivity (Wildman–Crippen MR) is 81.6 cm³/mol. The summed E-state index contributed by atoms with van der Waals surface area (Å²) in [6.45, 7) is 0. The van der Waals surface area contributed by atoms with Crippen molar-refractivity contribution in [2.75, 3.05) is 24.3 Å². The van der Waals surface area contributed by atoms with E-state index in [2.05, 4.69) is 5.10 Å². The summed E-state index contributed by atoms with van der Waals surface area (Å²) in [5, 5.41) is 5.53. The van der Waals surface area contributed by atoms with Crippen molar-refractivity contribution in [3.63, 3.8) is 0 Å². The summed E-state index contributed by atoms with van der Waals surface area (Å²) in [4.78, 5) is 0. The third kappa shape index (κ3) is 2.44. The fraction of sp³-hybridized carbons (Fsp3) is 0.462. The van der Waals surface area contributed by atoms with Crippen LogP contribution in [-0.2, 0) is 0 Å². The lowest BCUT2D eigenvalue weighted by atomic mass is 10.1. The first kappa shape index (κ1) is 13.5. The monoisotopic (exact) mass is 297 g/mol. The molecule has 0 aliphatic carbocycles. The van der Waals surface area contributed by atoms with Gasteiger partial charge < -0.3 is 10.5 Å². The standard InChI is InChI=1S/C13H19N3O3S/c1-19-13-7-12-9(6-11(13)14)8-16(15-12)10-2-4-20(17,18)5-3-10/h6-8,10,17-18H,2-5,14H2,1H3. The van der Waals surface area contributed by atoms with Gasteiger partial charge in [-0.2, -0.15) is 15.7 Å². The molecule has 0 amide bonds. The minimum atomic E-state index is -2.35. The number of nitrogens with zero attached hydrogens (tertiary/aromatic N) is 2. The van der Waals surface area contributed by atoms with E-state index in [1.807, 2.05) is 23.0 Å². The van der Waals surface area contributed by atoms with E-state index in [-0.39, 0.29) is 6.04 Å². The van der Waals surface area contributed by atoms with Crippen LogP contribution in [0.2, 0.25) is 0 Å². The summed E-state index contributed by atoms with van der Waals surface area (Å²) < 4.78 is 26.4. The molecule has 4 N–H and O–H groups in total. The molecule has 1 aromatic carbocycles. The first-order chi connectivity index (χ1) is 9.48. The molecule has 6 nitrogen and oxygen atoms in total. The molecule has 1 aliphatic rings. The molecule has 0 radical (unpaired) electrons. The van der Waals surface area contributed by atoms with Crippen molar-refractivity contribution < 1.29 is 13.8 Å². The molecule has 0 spiro atoms. The Morgan fingerprint density at radius 1 is 1.35 bits per heavy atom. The minimum absolute atomic E-state index is 0.217. The topological polar surface area (TPSA) is 93.5 Å². The quantitative estimate of drug-likeness (QED) is 0.741. The van der Waals surface area contributed by atoms with E-state index in [1.54, 1.807) is 7.11 Å². The Hall–Kier alpha value is -1.44. The van der Waals surface area contributed by atoms with Gasteiger partial charge in [-0.05, 0) is 18.9 Å². The van der Waals surface area contributed by atoms with Gasteiger partial charge in [-0.3, -0.25) is 13.8 Å². The van der Waals surface area contributed by atoms with Crippen LogP contribution < -0.4 is 10.5 Å². The summed E-state index contributed by atoms with van der Waals surface area (Å²) in [5.74, 6) is 1.54. The molecule has 2 heterocycles. The maximum absolute atomic E-state index is 9.66. The molecular weight excluding hydrogens is 278 g/mol. The molecule has 7 heteroatoms. The van der Waals surface area contributed by atoms with Crippen LogP contribution in [0.25, 0.3) is 10.9 Å². The first-order valence-corrected chi connectivity index (χ1v) is 8.43. The number of hydrogen-bond donors (Lipinski definition) is 3. The molecule has 0 bridgehead atoms. The fourth-order valence-electron chi connectivity index (χ4n) is 2.61. The van der Waals surface area contributed by atoms with Crippen molar-refractivity contribution in [1.82, 2.24) is 9.78 Å². The third-order valence-electron chi connectivity index (χ3n) is 3.80. The van der Waals surface area contributed by atoms with E-state index >= 15 is 0 Å². The second kappa shape index (κ2) is 4.83. The largest absolute Gasteiger partial charge is 0.495 e. The average Bonchev–Trinajstić information content (AvgIpc) is 2.80. The van der Waals surface area contributed by atoms with Crippen molar-refractivity contribution in [3.8, 4) is 5.75 Å². The molecule has 1 fully saturated rings. The van der Waals surface area contributed by atoms with E-state index < -0.39 is 10.6 Å². The van der Waals surface area contributed by atoms with Gasteiger partial charge in [-0.1, -0.05) is 0 Å². The number of anilines is 1. The Balaban J connectivity index is 1.90. The van der Waals surface area contributed by atoms with Crippen molar-refractivity contribution in [1.29, 1.82) is 0 Å². The Bertz CT molecular complexity index is 631. The lowest BCUT2D eigenvalue weighted by Gasteiger charge is -2.39. The SMILES string of the molecule is COc1cc2nn(C3CCS(O)(O)CC3)cc2cc1N. The highest BCUT2D eigenvalue weighted by molar-refractivity contribution is 8.24. The molecule has 0 unspecified atom stereocenters. The Morgan fingerprint density at radius 2 is 2.05 bits per heavy atom. The highest BCUT2D eigenvalue weighted by Crippen LogP contribution is 2.47. The van der Waals surface area contributed by atoms with Gasteiger partial charge in [-0.15, -0.1) is 0 Å². The molecule has 110 valence electrons. The van der Waals surface area contributed by atoms with Crippen LogP contribution in [0.4, 0.5) is 5.69 Å². The molecule has 1 aliphatic heterocycles. The van der Waals surface area contributed by atoms with Gasteiger partial charge in [0.25, 0.3) is 0 Å². The highest BCUT2D eigenvalue weighted by atomic mass is 32.3. The maximum Gasteiger partial charge on any atom is 0.144 e. The second-order valence-corrected chi connectivity index (χ2v) is 7.62. The number of hydrogen-bond acceptors (Lipinski definition) is 5. The Morgan fingerprint density at radius 3 is 2.70 bits per heavy atom. The summed E-state index contributed by atoms with van der Waals surface area (Å²) >= 11 is 0. The van der Waals surface area contributed by atoms with Crippen LogP contribution in [-0.4, -0.2) is 37.5 Å². The average molecular weight is 297 g/mol. The van der Waals surface area contributed by atoms with Gasteiger partial charge in [0.1, 0.15) is 5.75 Å². The van der Waals surface area contributed by atoms with Gasteiger partial charge in [-0.25, -0.2) is 0 Å². The van der Waals surface area contributed by atoms with E-state index in [1.165, 1.54) is 0 Å². The number of rotatable bonds is 2. The molecule has 2 aromatic rings. The number of methoxy groups -OCH3 is 1. The number of nitrogen functional groups attached to an aromatic ring is 1. The third-order valence-corrected chi connectivity index (χ3v) is 5.58. The lowest BCUT2D eigenvalue weighted by Crippen LogP contribution is -2.23. The Kier molecular flexibility index (Phi) is 3.27.